The number of carboxylic acid groups (broad SMARTS) is 1. The smallest absolute Gasteiger partial charge is 0.303 e. The van der Waals surface area contributed by atoms with Gasteiger partial charge in [0.05, 0.1) is 24.5 Å². The summed E-state index contributed by atoms with van der Waals surface area (Å²) in [6.07, 6.45) is 12.6. The summed E-state index contributed by atoms with van der Waals surface area (Å²) >= 11 is 0. The van der Waals surface area contributed by atoms with E-state index in [0.717, 1.165) is 44.9 Å². The van der Waals surface area contributed by atoms with Crippen molar-refractivity contribution in [2.45, 2.75) is 83.3 Å². The quantitative estimate of drug-likeness (QED) is 0.241. The number of amides is 1. The molecule has 2 bridgehead atoms. The molecule has 2 rings (SSSR count). The van der Waals surface area contributed by atoms with Gasteiger partial charge < -0.3 is 15.2 Å². The first-order valence-electron chi connectivity index (χ1n) is 11.6. The first-order chi connectivity index (χ1) is 14.8. The number of carbonyl (C=O) groups is 2. The van der Waals surface area contributed by atoms with E-state index < -0.39 is 16.0 Å². The van der Waals surface area contributed by atoms with Gasteiger partial charge >= 0.3 is 5.97 Å². The number of aliphatic carboxylic acids is 1. The van der Waals surface area contributed by atoms with E-state index in [9.17, 15) is 18.0 Å². The topological polar surface area (TPSA) is 122 Å². The predicted molar refractivity (Wildman–Crippen MR) is 119 cm³/mol. The number of hydrogen-bond donors (Lipinski definition) is 3. The molecule has 2 fully saturated rings. The normalized spacial score (nSPS) is 25.3. The highest BCUT2D eigenvalue weighted by Gasteiger charge is 2.47. The molecule has 2 aliphatic rings. The maximum atomic E-state index is 12.0. The second-order valence-corrected chi connectivity index (χ2v) is 10.5. The third-order valence-electron chi connectivity index (χ3n) is 6.20. The highest BCUT2D eigenvalue weighted by Crippen LogP contribution is 2.46. The van der Waals surface area contributed by atoms with Gasteiger partial charge in [-0.25, -0.2) is 13.1 Å². The van der Waals surface area contributed by atoms with Gasteiger partial charge in [0.15, 0.2) is 0 Å². The molecule has 2 saturated heterocycles. The van der Waals surface area contributed by atoms with Crippen LogP contribution in [0.1, 0.15) is 71.1 Å². The van der Waals surface area contributed by atoms with Gasteiger partial charge in [-0.2, -0.15) is 0 Å². The molecule has 178 valence electrons. The summed E-state index contributed by atoms with van der Waals surface area (Å²) in [6.45, 7) is 2.30. The van der Waals surface area contributed by atoms with Crippen molar-refractivity contribution in [1.29, 1.82) is 0 Å². The molecule has 0 aromatic carbocycles. The number of fused-ring (bicyclic) bond motifs is 2. The lowest BCUT2D eigenvalue weighted by atomic mass is 9.76. The maximum absolute atomic E-state index is 12.0. The van der Waals surface area contributed by atoms with E-state index >= 15 is 0 Å². The second kappa shape index (κ2) is 13.2. The fraction of sp³-hybridized carbons (Fsp3) is 0.818. The molecule has 0 aliphatic carbocycles. The fourth-order valence-electron chi connectivity index (χ4n) is 4.57. The molecule has 8 nitrogen and oxygen atoms in total. The summed E-state index contributed by atoms with van der Waals surface area (Å²) in [5.74, 6) is -0.210. The van der Waals surface area contributed by atoms with E-state index in [2.05, 4.69) is 22.2 Å². The molecule has 9 heteroatoms. The van der Waals surface area contributed by atoms with Crippen molar-refractivity contribution in [3.8, 4) is 0 Å². The van der Waals surface area contributed by atoms with Gasteiger partial charge in [0.25, 0.3) is 0 Å². The molecule has 0 radical (unpaired) electrons. The number of unbranched alkanes of at least 4 members (excludes halogenated alkanes) is 3. The predicted octanol–water partition coefficient (Wildman–Crippen LogP) is 2.60. The molecule has 2 heterocycles. The Morgan fingerprint density at radius 2 is 1.84 bits per heavy atom. The number of ether oxygens (including phenoxy) is 1. The Balaban J connectivity index is 1.68. The van der Waals surface area contributed by atoms with Crippen LogP contribution in [-0.2, 0) is 24.3 Å². The number of carbonyl (C=O) groups excluding carboxylic acids is 1. The zero-order chi connectivity index (χ0) is 22.7. The monoisotopic (exact) mass is 458 g/mol. The van der Waals surface area contributed by atoms with Crippen LogP contribution in [0.25, 0.3) is 0 Å². The van der Waals surface area contributed by atoms with Crippen LogP contribution in [-0.4, -0.2) is 56.5 Å². The lowest BCUT2D eigenvalue weighted by Crippen LogP contribution is -2.39. The summed E-state index contributed by atoms with van der Waals surface area (Å²) in [6, 6.07) is 0. The van der Waals surface area contributed by atoms with Gasteiger partial charge in [0.1, 0.15) is 0 Å². The van der Waals surface area contributed by atoms with Crippen molar-refractivity contribution >= 4 is 21.9 Å². The molecule has 0 spiro atoms. The van der Waals surface area contributed by atoms with Crippen molar-refractivity contribution in [3.63, 3.8) is 0 Å². The number of allylic oxidation sites excluding steroid dienone is 2. The Kier molecular flexibility index (Phi) is 11.0. The molecule has 3 N–H and O–H groups in total. The molecule has 1 amide bonds. The van der Waals surface area contributed by atoms with E-state index in [1.807, 2.05) is 6.92 Å². The summed E-state index contributed by atoms with van der Waals surface area (Å²) in [4.78, 5) is 22.6. The number of rotatable bonds is 16. The van der Waals surface area contributed by atoms with Crippen LogP contribution in [0.4, 0.5) is 0 Å². The van der Waals surface area contributed by atoms with E-state index in [1.165, 1.54) is 0 Å². The average Bonchev–Trinajstić information content (AvgIpc) is 3.31. The summed E-state index contributed by atoms with van der Waals surface area (Å²) in [7, 11) is -3.40. The van der Waals surface area contributed by atoms with Crippen LogP contribution in [0.3, 0.4) is 0 Å². The Bertz CT molecular complexity index is 709. The Morgan fingerprint density at radius 3 is 2.55 bits per heavy atom. The zero-order valence-electron chi connectivity index (χ0n) is 18.6. The highest BCUT2D eigenvalue weighted by atomic mass is 32.2. The lowest BCUT2D eigenvalue weighted by Gasteiger charge is -2.27. The van der Waals surface area contributed by atoms with Crippen molar-refractivity contribution in [3.05, 3.63) is 12.2 Å². The minimum Gasteiger partial charge on any atom is -0.481 e. The van der Waals surface area contributed by atoms with Crippen LogP contribution in [0.5, 0.6) is 0 Å². The molecule has 0 aromatic rings. The molecular formula is C22H38N2O6S. The molecule has 31 heavy (non-hydrogen) atoms. The molecule has 2 aliphatic heterocycles. The number of carboxylic acids is 1. The first kappa shape index (κ1) is 25.8. The van der Waals surface area contributed by atoms with E-state index in [-0.39, 0.29) is 36.8 Å². The van der Waals surface area contributed by atoms with Crippen LogP contribution >= 0.6 is 0 Å². The third-order valence-corrected chi connectivity index (χ3v) is 7.61. The minimum atomic E-state index is -3.40. The van der Waals surface area contributed by atoms with Gasteiger partial charge in [-0.3, -0.25) is 9.59 Å². The molecule has 0 aromatic heterocycles. The highest BCUT2D eigenvalue weighted by molar-refractivity contribution is 7.89. The fourth-order valence-corrected chi connectivity index (χ4v) is 5.65. The van der Waals surface area contributed by atoms with Crippen molar-refractivity contribution in [1.82, 2.24) is 10.0 Å². The SMILES string of the molecule is CCCCCS(=O)(=O)NCC(=O)NCC[C@H]1[C@@H](C/C=C\CCCC(=O)O)[C@H]2CC[C@@H]1O2. The maximum Gasteiger partial charge on any atom is 0.303 e. The summed E-state index contributed by atoms with van der Waals surface area (Å²) < 4.78 is 32.2. The van der Waals surface area contributed by atoms with E-state index in [0.29, 0.717) is 31.2 Å². The standard InChI is InChI=1S/C22H38N2O6S/c1-2-3-8-15-31(28,29)24-16-21(25)23-14-13-18-17(19-11-12-20(18)30-19)9-6-4-5-7-10-22(26)27/h4,6,17-20,24H,2-3,5,7-16H2,1H3,(H,23,25)(H,26,27)/b6-4-/t17-,18+,19-,20+/m1/s1. The van der Waals surface area contributed by atoms with Crippen LogP contribution in [0.2, 0.25) is 0 Å². The number of sulfonamides is 1. The molecule has 0 unspecified atom stereocenters. The number of nitrogens with one attached hydrogen (secondary N) is 2. The van der Waals surface area contributed by atoms with Gasteiger partial charge in [0, 0.05) is 13.0 Å². The molecule has 4 atom stereocenters. The number of hydrogen-bond acceptors (Lipinski definition) is 5. The van der Waals surface area contributed by atoms with Gasteiger partial charge in [-0.1, -0.05) is 31.9 Å². The van der Waals surface area contributed by atoms with Gasteiger partial charge in [0.2, 0.25) is 15.9 Å². The van der Waals surface area contributed by atoms with Crippen LogP contribution in [0.15, 0.2) is 12.2 Å². The van der Waals surface area contributed by atoms with E-state index in [1.54, 1.807) is 0 Å². The summed E-state index contributed by atoms with van der Waals surface area (Å²) in [5.41, 5.74) is 0. The summed E-state index contributed by atoms with van der Waals surface area (Å²) in [5, 5.41) is 11.5. The average molecular weight is 459 g/mol. The lowest BCUT2D eigenvalue weighted by molar-refractivity contribution is -0.137. The Morgan fingerprint density at radius 1 is 1.10 bits per heavy atom. The van der Waals surface area contributed by atoms with Crippen molar-refractivity contribution in [2.24, 2.45) is 11.8 Å². The zero-order valence-corrected chi connectivity index (χ0v) is 19.4. The Hall–Kier alpha value is -1.45. The van der Waals surface area contributed by atoms with Crippen LogP contribution < -0.4 is 10.0 Å². The van der Waals surface area contributed by atoms with Crippen molar-refractivity contribution < 1.29 is 27.9 Å². The Labute approximate surface area is 186 Å². The largest absolute Gasteiger partial charge is 0.481 e. The first-order valence-corrected chi connectivity index (χ1v) is 13.2. The van der Waals surface area contributed by atoms with E-state index in [4.69, 9.17) is 9.84 Å². The van der Waals surface area contributed by atoms with Gasteiger partial charge in [-0.05, 0) is 56.8 Å². The minimum absolute atomic E-state index is 0.0576. The van der Waals surface area contributed by atoms with Crippen molar-refractivity contribution in [2.75, 3.05) is 18.8 Å². The third kappa shape index (κ3) is 9.29. The van der Waals surface area contributed by atoms with Crippen LogP contribution in [0, 0.1) is 11.8 Å². The molecular weight excluding hydrogens is 420 g/mol. The van der Waals surface area contributed by atoms with Gasteiger partial charge in [-0.15, -0.1) is 0 Å². The second-order valence-electron chi connectivity index (χ2n) is 8.60. The molecule has 0 saturated carbocycles.